The zero-order valence-electron chi connectivity index (χ0n) is 10.8. The molecule has 1 aromatic carbocycles. The molecule has 0 atom stereocenters. The molecule has 19 heavy (non-hydrogen) atoms. The second kappa shape index (κ2) is 6.66. The quantitative estimate of drug-likeness (QED) is 0.891. The van der Waals surface area contributed by atoms with Gasteiger partial charge in [0.05, 0.1) is 6.61 Å². The second-order valence-corrected chi connectivity index (χ2v) is 4.17. The van der Waals surface area contributed by atoms with Gasteiger partial charge in [-0.2, -0.15) is 0 Å². The highest BCUT2D eigenvalue weighted by Crippen LogP contribution is 2.06. The number of aromatic nitrogens is 1. The van der Waals surface area contributed by atoms with Gasteiger partial charge in [0.1, 0.15) is 0 Å². The van der Waals surface area contributed by atoms with Crippen molar-refractivity contribution >= 4 is 5.91 Å². The van der Waals surface area contributed by atoms with E-state index in [4.69, 9.17) is 4.74 Å². The molecule has 98 valence electrons. The summed E-state index contributed by atoms with van der Waals surface area (Å²) in [6.45, 7) is 1.06. The summed E-state index contributed by atoms with van der Waals surface area (Å²) >= 11 is 0. The van der Waals surface area contributed by atoms with Crippen molar-refractivity contribution in [2.75, 3.05) is 7.11 Å². The lowest BCUT2D eigenvalue weighted by molar-refractivity contribution is 0.0951. The zero-order valence-corrected chi connectivity index (χ0v) is 10.8. The van der Waals surface area contributed by atoms with E-state index < -0.39 is 0 Å². The van der Waals surface area contributed by atoms with E-state index in [1.165, 1.54) is 0 Å². The first-order chi connectivity index (χ1) is 9.29. The van der Waals surface area contributed by atoms with E-state index in [2.05, 4.69) is 10.3 Å². The highest BCUT2D eigenvalue weighted by atomic mass is 16.5. The Balaban J connectivity index is 1.92. The highest BCUT2D eigenvalue weighted by molar-refractivity contribution is 5.94. The molecule has 4 nitrogen and oxygen atoms in total. The van der Waals surface area contributed by atoms with Crippen molar-refractivity contribution in [3.63, 3.8) is 0 Å². The Kier molecular flexibility index (Phi) is 4.64. The monoisotopic (exact) mass is 256 g/mol. The third-order valence-electron chi connectivity index (χ3n) is 2.73. The standard InChI is InChI=1S/C15H16N2O2/c1-19-11-13-2-4-14(5-3-13)15(18)17-10-12-6-8-16-9-7-12/h2-9H,10-11H2,1H3,(H,17,18). The van der Waals surface area contributed by atoms with E-state index in [1.807, 2.05) is 24.3 Å². The molecule has 2 rings (SSSR count). The molecule has 0 bridgehead atoms. The maximum absolute atomic E-state index is 11.9. The van der Waals surface area contributed by atoms with Crippen LogP contribution in [0, 0.1) is 0 Å². The third kappa shape index (κ3) is 3.89. The minimum atomic E-state index is -0.0826. The summed E-state index contributed by atoms with van der Waals surface area (Å²) in [6.07, 6.45) is 3.42. The minimum absolute atomic E-state index is 0.0826. The molecule has 0 aliphatic rings. The summed E-state index contributed by atoms with van der Waals surface area (Å²) in [5.74, 6) is -0.0826. The van der Waals surface area contributed by atoms with Gasteiger partial charge < -0.3 is 10.1 Å². The molecule has 1 aromatic heterocycles. The number of hydrogen-bond donors (Lipinski definition) is 1. The predicted octanol–water partition coefficient (Wildman–Crippen LogP) is 2.16. The van der Waals surface area contributed by atoms with Gasteiger partial charge in [-0.05, 0) is 35.4 Å². The lowest BCUT2D eigenvalue weighted by Crippen LogP contribution is -2.22. The van der Waals surface area contributed by atoms with E-state index in [0.717, 1.165) is 11.1 Å². The molecule has 0 aliphatic carbocycles. The van der Waals surface area contributed by atoms with Crippen LogP contribution in [-0.4, -0.2) is 18.0 Å². The van der Waals surface area contributed by atoms with Gasteiger partial charge in [-0.3, -0.25) is 9.78 Å². The molecule has 4 heteroatoms. The Labute approximate surface area is 112 Å². The number of nitrogens with zero attached hydrogens (tertiary/aromatic N) is 1. The van der Waals surface area contributed by atoms with Crippen LogP contribution in [0.3, 0.4) is 0 Å². The maximum Gasteiger partial charge on any atom is 0.251 e. The number of rotatable bonds is 5. The molecule has 0 radical (unpaired) electrons. The van der Waals surface area contributed by atoms with Gasteiger partial charge in [0.15, 0.2) is 0 Å². The molecule has 0 aliphatic heterocycles. The fourth-order valence-corrected chi connectivity index (χ4v) is 1.70. The average Bonchev–Trinajstić information content (AvgIpc) is 2.47. The number of carbonyl (C=O) groups is 1. The Morgan fingerprint density at radius 1 is 1.11 bits per heavy atom. The number of nitrogens with one attached hydrogen (secondary N) is 1. The summed E-state index contributed by atoms with van der Waals surface area (Å²) in [5.41, 5.74) is 2.72. The molecule has 1 N–H and O–H groups in total. The van der Waals surface area contributed by atoms with Crippen molar-refractivity contribution in [1.82, 2.24) is 10.3 Å². The van der Waals surface area contributed by atoms with E-state index in [0.29, 0.717) is 18.7 Å². The first kappa shape index (κ1) is 13.2. The molecule has 2 aromatic rings. The van der Waals surface area contributed by atoms with E-state index >= 15 is 0 Å². The topological polar surface area (TPSA) is 51.2 Å². The zero-order chi connectivity index (χ0) is 13.5. The molecule has 1 amide bonds. The number of ether oxygens (including phenoxy) is 1. The summed E-state index contributed by atoms with van der Waals surface area (Å²) < 4.78 is 5.03. The smallest absolute Gasteiger partial charge is 0.251 e. The van der Waals surface area contributed by atoms with Crippen molar-refractivity contribution in [3.8, 4) is 0 Å². The Morgan fingerprint density at radius 3 is 2.42 bits per heavy atom. The van der Waals surface area contributed by atoms with Crippen LogP contribution in [0.2, 0.25) is 0 Å². The Morgan fingerprint density at radius 2 is 1.79 bits per heavy atom. The predicted molar refractivity (Wildman–Crippen MR) is 72.6 cm³/mol. The normalized spacial score (nSPS) is 10.2. The van der Waals surface area contributed by atoms with Gasteiger partial charge >= 0.3 is 0 Å². The molecular formula is C15H16N2O2. The van der Waals surface area contributed by atoms with Crippen molar-refractivity contribution < 1.29 is 9.53 Å². The molecule has 0 saturated heterocycles. The Hall–Kier alpha value is -2.20. The number of benzene rings is 1. The lowest BCUT2D eigenvalue weighted by atomic mass is 10.1. The number of carbonyl (C=O) groups excluding carboxylic acids is 1. The van der Waals surface area contributed by atoms with Crippen molar-refractivity contribution in [3.05, 3.63) is 65.5 Å². The van der Waals surface area contributed by atoms with Crippen LogP contribution in [0.1, 0.15) is 21.5 Å². The number of pyridine rings is 1. The summed E-state index contributed by atoms with van der Waals surface area (Å²) in [7, 11) is 1.65. The van der Waals surface area contributed by atoms with E-state index in [1.54, 1.807) is 31.6 Å². The van der Waals surface area contributed by atoms with Crippen LogP contribution >= 0.6 is 0 Å². The van der Waals surface area contributed by atoms with E-state index in [9.17, 15) is 4.79 Å². The van der Waals surface area contributed by atoms with Crippen LogP contribution in [-0.2, 0) is 17.9 Å². The van der Waals surface area contributed by atoms with Crippen molar-refractivity contribution in [2.24, 2.45) is 0 Å². The van der Waals surface area contributed by atoms with Gasteiger partial charge in [-0.15, -0.1) is 0 Å². The fourth-order valence-electron chi connectivity index (χ4n) is 1.70. The van der Waals surface area contributed by atoms with Crippen LogP contribution in [0.4, 0.5) is 0 Å². The average molecular weight is 256 g/mol. The summed E-state index contributed by atoms with van der Waals surface area (Å²) in [6, 6.07) is 11.1. The number of hydrogen-bond acceptors (Lipinski definition) is 3. The highest BCUT2D eigenvalue weighted by Gasteiger charge is 2.04. The molecule has 0 unspecified atom stereocenters. The fraction of sp³-hybridized carbons (Fsp3) is 0.200. The van der Waals surface area contributed by atoms with Crippen LogP contribution in [0.25, 0.3) is 0 Å². The van der Waals surface area contributed by atoms with Gasteiger partial charge in [0.25, 0.3) is 5.91 Å². The molecule has 0 spiro atoms. The maximum atomic E-state index is 11.9. The largest absolute Gasteiger partial charge is 0.380 e. The summed E-state index contributed by atoms with van der Waals surface area (Å²) in [4.78, 5) is 15.9. The Bertz CT molecular complexity index is 524. The number of amides is 1. The van der Waals surface area contributed by atoms with Gasteiger partial charge in [-0.25, -0.2) is 0 Å². The van der Waals surface area contributed by atoms with Crippen LogP contribution < -0.4 is 5.32 Å². The molecule has 0 saturated carbocycles. The SMILES string of the molecule is COCc1ccc(C(=O)NCc2ccncc2)cc1. The second-order valence-electron chi connectivity index (χ2n) is 4.17. The molecular weight excluding hydrogens is 240 g/mol. The lowest BCUT2D eigenvalue weighted by Gasteiger charge is -2.06. The van der Waals surface area contributed by atoms with Gasteiger partial charge in [-0.1, -0.05) is 12.1 Å². The van der Waals surface area contributed by atoms with Crippen molar-refractivity contribution in [1.29, 1.82) is 0 Å². The van der Waals surface area contributed by atoms with Crippen LogP contribution in [0.5, 0.6) is 0 Å². The third-order valence-corrected chi connectivity index (χ3v) is 2.73. The minimum Gasteiger partial charge on any atom is -0.380 e. The van der Waals surface area contributed by atoms with Crippen LogP contribution in [0.15, 0.2) is 48.8 Å². The van der Waals surface area contributed by atoms with Gasteiger partial charge in [0, 0.05) is 31.6 Å². The number of methoxy groups -OCH3 is 1. The molecule has 1 heterocycles. The van der Waals surface area contributed by atoms with E-state index in [-0.39, 0.29) is 5.91 Å². The first-order valence-corrected chi connectivity index (χ1v) is 6.04. The molecule has 0 fully saturated rings. The van der Waals surface area contributed by atoms with Gasteiger partial charge in [0.2, 0.25) is 0 Å². The first-order valence-electron chi connectivity index (χ1n) is 6.04. The summed E-state index contributed by atoms with van der Waals surface area (Å²) in [5, 5.41) is 2.87. The van der Waals surface area contributed by atoms with Crippen molar-refractivity contribution in [2.45, 2.75) is 13.2 Å².